The Hall–Kier alpha value is -9.66. The summed E-state index contributed by atoms with van der Waals surface area (Å²) in [5.41, 5.74) is 12.0. The number of aliphatic imine (C=N–C) groups is 1. The molecule has 0 spiro atoms. The molecule has 7 rings (SSSR count). The number of alkyl carbamates (subject to hydrolysis) is 1. The molecule has 0 bridgehead atoms. The van der Waals surface area contributed by atoms with Gasteiger partial charge in [0, 0.05) is 72.7 Å². The lowest BCUT2D eigenvalue weighted by Gasteiger charge is -2.21. The number of aromatic carboxylic acids is 1. The van der Waals surface area contributed by atoms with E-state index in [0.29, 0.717) is 103 Å². The third-order valence-electron chi connectivity index (χ3n) is 16.6. The number of fused-ring (bicyclic) bond motifs is 2. The molecule has 0 fully saturated rings. The van der Waals surface area contributed by atoms with Gasteiger partial charge >= 0.3 is 17.7 Å². The number of carbonyl (C=O) groups excluding carboxylic acids is 5. The number of amides is 5. The van der Waals surface area contributed by atoms with Gasteiger partial charge in [-0.25, -0.2) is 32.2 Å². The molecule has 0 radical (unpaired) electrons. The van der Waals surface area contributed by atoms with Crippen LogP contribution in [0.25, 0.3) is 11.0 Å². The Kier molecular flexibility index (Phi) is 29.8. The molecule has 6 aromatic rings. The maximum Gasteiger partial charge on any atom is 0.407 e. The van der Waals surface area contributed by atoms with Crippen molar-refractivity contribution in [3.05, 3.63) is 115 Å². The van der Waals surface area contributed by atoms with Crippen LogP contribution in [0.15, 0.2) is 67.8 Å². The number of rotatable bonds is 41. The second kappa shape index (κ2) is 38.0. The topological polar surface area (TPSA) is 422 Å². The molecule has 3 aromatic heterocycles. The molecule has 0 saturated heterocycles. The molecule has 103 heavy (non-hydrogen) atoms. The molecule has 1 aliphatic heterocycles. The van der Waals surface area contributed by atoms with E-state index < -0.39 is 87.1 Å². The SMILES string of the molecule is Cc1n[nH]c(C)c1CCCOc1cc(OCCCc2cn(CCOCCOCCOCCC(=O)N[C@@H](CCCN=C(N)NS(=O)(=O)c3c(C)c(C)c4c(c3C)CC(C)(C)O4)C(=O)NCC(=O)N[C@@H](CCCCNC(=O)OC(C)(C)C)C(=O)Nc3ccc4c(C)cc(=O)oc4c3)nn2)cc(C(=O)O)c1. The van der Waals surface area contributed by atoms with Gasteiger partial charge in [0.1, 0.15) is 46.1 Å². The van der Waals surface area contributed by atoms with Crippen LogP contribution in [0.5, 0.6) is 17.2 Å². The number of hydrogen-bond donors (Lipinski definition) is 9. The number of nitrogens with two attached hydrogens (primary N) is 1. The van der Waals surface area contributed by atoms with Crippen molar-refractivity contribution in [1.29, 1.82) is 0 Å². The number of ether oxygens (including phenoxy) is 7. The number of carboxylic acids is 1. The van der Waals surface area contributed by atoms with E-state index in [4.69, 9.17) is 43.3 Å². The number of unbranched alkanes of at least 4 members (excludes halogenated alkanes) is 1. The Morgan fingerprint density at radius 2 is 1.44 bits per heavy atom. The van der Waals surface area contributed by atoms with Crippen molar-refractivity contribution in [2.45, 2.75) is 182 Å². The van der Waals surface area contributed by atoms with Crippen LogP contribution in [0.4, 0.5) is 10.5 Å². The average Bonchev–Trinajstić information content (AvgIpc) is 1.66. The summed E-state index contributed by atoms with van der Waals surface area (Å²) in [6.45, 7) is 21.8. The van der Waals surface area contributed by atoms with Gasteiger partial charge in [-0.15, -0.1) is 5.10 Å². The van der Waals surface area contributed by atoms with Gasteiger partial charge in [-0.1, -0.05) is 5.21 Å². The predicted molar refractivity (Wildman–Crippen MR) is 382 cm³/mol. The zero-order valence-electron chi connectivity index (χ0n) is 60.6. The molecular formula is C71H99N13O18S. The highest BCUT2D eigenvalue weighted by molar-refractivity contribution is 7.90. The fourth-order valence-corrected chi connectivity index (χ4v) is 13.0. The number of H-pyrrole nitrogens is 1. The van der Waals surface area contributed by atoms with Gasteiger partial charge in [-0.05, 0) is 186 Å². The smallest absolute Gasteiger partial charge is 0.407 e. The Morgan fingerprint density at radius 3 is 2.12 bits per heavy atom. The maximum atomic E-state index is 13.9. The number of aryl methyl sites for hydroxylation is 4. The highest BCUT2D eigenvalue weighted by Crippen LogP contribution is 2.44. The molecule has 4 heterocycles. The first kappa shape index (κ1) is 80.6. The molecule has 562 valence electrons. The summed E-state index contributed by atoms with van der Waals surface area (Å²) in [6.07, 6.45) is 5.15. The van der Waals surface area contributed by atoms with Gasteiger partial charge in [-0.2, -0.15) is 5.10 Å². The molecule has 3 aromatic carbocycles. The van der Waals surface area contributed by atoms with Crippen molar-refractivity contribution in [3.63, 3.8) is 0 Å². The number of nitrogens with zero attached hydrogens (tertiary/aromatic N) is 5. The van der Waals surface area contributed by atoms with Crippen molar-refractivity contribution in [2.24, 2.45) is 10.7 Å². The van der Waals surface area contributed by atoms with Crippen molar-refractivity contribution >= 4 is 68.3 Å². The number of nitrogens with one attached hydrogen (secondary N) is 7. The van der Waals surface area contributed by atoms with Gasteiger partial charge in [-0.3, -0.25) is 29.3 Å². The molecule has 1 aliphatic rings. The van der Waals surface area contributed by atoms with Gasteiger partial charge in [0.25, 0.3) is 10.0 Å². The number of benzene rings is 3. The van der Waals surface area contributed by atoms with E-state index in [-0.39, 0.29) is 93.5 Å². The summed E-state index contributed by atoms with van der Waals surface area (Å²) < 4.78 is 77.5. The lowest BCUT2D eigenvalue weighted by Crippen LogP contribution is -2.51. The van der Waals surface area contributed by atoms with Crippen LogP contribution in [0.3, 0.4) is 0 Å². The standard InChI is InChI=1S/C71H99N13O18S/c1-43-35-62(87)100-59-38-50(21-22-54(43)59)76-66(89)58(19-12-13-24-74-69(92)102-70(7,8)9)78-61(86)41-75-65(88)57(20-14-25-73-68(72)82-103(93,94)64-45(3)44(2)63-56(46(64)4)40-71(10,11)101-63)77-60(85)23-29-95-31-33-97-34-32-96-30-26-84-42-51(81-83-84)17-15-27-98-52-36-49(67(90)91)37-53(39-52)99-28-16-18-55-47(5)79-80-48(55)6/h21-22,35-39,42,57-58H,12-20,23-34,40-41H2,1-11H3,(H,74,92)(H,75,88)(H,76,89)(H,77,85)(H,78,86)(H,79,80)(H,90,91)(H3,72,73,82)/t57-,58-/m0/s1. The fraction of sp³-hybridized carbons (Fsp3) is 0.535. The van der Waals surface area contributed by atoms with Crippen LogP contribution in [-0.4, -0.2) is 176 Å². The number of carboxylic acid groups (broad SMARTS) is 1. The van der Waals surface area contributed by atoms with Crippen LogP contribution in [0.2, 0.25) is 0 Å². The van der Waals surface area contributed by atoms with Gasteiger partial charge in [0.05, 0.1) is 87.8 Å². The minimum Gasteiger partial charge on any atom is -0.493 e. The summed E-state index contributed by atoms with van der Waals surface area (Å²) in [4.78, 5) is 95.5. The molecule has 0 aliphatic carbocycles. The first-order valence-electron chi connectivity index (χ1n) is 34.4. The van der Waals surface area contributed by atoms with Crippen LogP contribution in [0.1, 0.15) is 147 Å². The molecule has 32 heteroatoms. The normalized spacial score (nSPS) is 13.3. The van der Waals surface area contributed by atoms with E-state index in [9.17, 15) is 47.1 Å². The van der Waals surface area contributed by atoms with Crippen molar-refractivity contribution in [1.82, 2.24) is 51.2 Å². The molecular weight excluding hydrogens is 1350 g/mol. The van der Waals surface area contributed by atoms with Crippen LogP contribution < -0.4 is 56.9 Å². The minimum atomic E-state index is -4.23. The monoisotopic (exact) mass is 1450 g/mol. The summed E-state index contributed by atoms with van der Waals surface area (Å²) in [5, 5.41) is 39.3. The number of aromatic amines is 1. The Balaban J connectivity index is 0.852. The number of hydrogen-bond acceptors (Lipinski definition) is 21. The molecule has 5 amide bonds. The van der Waals surface area contributed by atoms with E-state index in [2.05, 4.69) is 56.8 Å². The third kappa shape index (κ3) is 25.7. The number of aromatic nitrogens is 5. The zero-order valence-corrected chi connectivity index (χ0v) is 61.5. The first-order chi connectivity index (χ1) is 48.8. The summed E-state index contributed by atoms with van der Waals surface area (Å²) in [7, 11) is -4.23. The number of guanidine groups is 1. The molecule has 31 nitrogen and oxygen atoms in total. The maximum absolute atomic E-state index is 13.9. The van der Waals surface area contributed by atoms with Crippen LogP contribution in [-0.2, 0) is 74.0 Å². The Bertz CT molecular complexity index is 4120. The number of anilines is 1. The number of carbonyl (C=O) groups is 6. The quantitative estimate of drug-likeness (QED) is 0.00876. The van der Waals surface area contributed by atoms with Crippen LogP contribution in [0, 0.1) is 41.5 Å². The van der Waals surface area contributed by atoms with E-state index in [1.54, 1.807) is 71.3 Å². The van der Waals surface area contributed by atoms with Gasteiger partial charge < -0.3 is 75.0 Å². The summed E-state index contributed by atoms with van der Waals surface area (Å²) >= 11 is 0. The predicted octanol–water partition coefficient (Wildman–Crippen LogP) is 6.33. The van der Waals surface area contributed by atoms with Gasteiger partial charge in [0.2, 0.25) is 29.6 Å². The zero-order chi connectivity index (χ0) is 75.0. The summed E-state index contributed by atoms with van der Waals surface area (Å²) in [6, 6.07) is 8.39. The third-order valence-corrected chi connectivity index (χ3v) is 18.3. The fourth-order valence-electron chi connectivity index (χ4n) is 11.4. The van der Waals surface area contributed by atoms with Crippen molar-refractivity contribution < 1.29 is 79.9 Å². The largest absolute Gasteiger partial charge is 0.493 e. The Labute approximate surface area is 599 Å². The van der Waals surface area contributed by atoms with Gasteiger partial charge in [0.15, 0.2) is 0 Å². The molecule has 2 atom stereocenters. The van der Waals surface area contributed by atoms with E-state index in [0.717, 1.165) is 41.1 Å². The van der Waals surface area contributed by atoms with E-state index in [1.165, 1.54) is 24.3 Å². The lowest BCUT2D eigenvalue weighted by molar-refractivity contribution is -0.131. The highest BCUT2D eigenvalue weighted by Gasteiger charge is 2.37. The average molecular weight is 1450 g/mol. The lowest BCUT2D eigenvalue weighted by atomic mass is 9.94. The second-order valence-electron chi connectivity index (χ2n) is 26.8. The highest BCUT2D eigenvalue weighted by atomic mass is 32.2. The second-order valence-corrected chi connectivity index (χ2v) is 28.4. The summed E-state index contributed by atoms with van der Waals surface area (Å²) in [5.74, 6) is -2.71. The molecule has 0 unspecified atom stereocenters. The van der Waals surface area contributed by atoms with Crippen molar-refractivity contribution in [3.8, 4) is 17.2 Å². The van der Waals surface area contributed by atoms with Crippen molar-refractivity contribution in [2.75, 3.05) is 77.8 Å². The Morgan fingerprint density at radius 1 is 0.777 bits per heavy atom. The molecule has 10 N–H and O–H groups in total. The first-order valence-corrected chi connectivity index (χ1v) is 35.9. The van der Waals surface area contributed by atoms with E-state index in [1.807, 2.05) is 33.9 Å². The minimum absolute atomic E-state index is 0.0371. The van der Waals surface area contributed by atoms with Crippen LogP contribution >= 0.6 is 0 Å². The molecule has 0 saturated carbocycles. The number of sulfonamides is 1. The van der Waals surface area contributed by atoms with E-state index >= 15 is 0 Å².